The van der Waals surface area contributed by atoms with Gasteiger partial charge in [-0.15, -0.1) is 0 Å². The third kappa shape index (κ3) is 10.4. The van der Waals surface area contributed by atoms with Crippen molar-refractivity contribution in [3.05, 3.63) is 0 Å². The maximum Gasteiger partial charge on any atom is 0.422 e. The van der Waals surface area contributed by atoms with Gasteiger partial charge in [0.05, 0.1) is 19.1 Å². The average molecular weight is 358 g/mol. The third-order valence-corrected chi connectivity index (χ3v) is 4.41. The number of carbonyl (C=O) groups is 1. The molecule has 0 spiro atoms. The molecule has 0 rings (SSSR count). The summed E-state index contributed by atoms with van der Waals surface area (Å²) in [5.41, 5.74) is 0. The predicted octanol–water partition coefficient (Wildman–Crippen LogP) is 3.38. The minimum atomic E-state index is -4.58. The highest BCUT2D eigenvalue weighted by Gasteiger charge is 2.31. The summed E-state index contributed by atoms with van der Waals surface area (Å²) in [5, 5.41) is 8.54. The maximum atomic E-state index is 12.0. The van der Waals surface area contributed by atoms with Crippen LogP contribution in [0.2, 0.25) is 0 Å². The molecule has 6 nitrogen and oxygen atoms in total. The summed E-state index contributed by atoms with van der Waals surface area (Å²) in [6.07, 6.45) is -4.43. The van der Waals surface area contributed by atoms with Crippen molar-refractivity contribution >= 4 is 14.5 Å². The molecule has 0 fully saturated rings. The summed E-state index contributed by atoms with van der Waals surface area (Å²) in [5.74, 6) is -1.12. The first-order chi connectivity index (χ1) is 10.6. The Bertz CT molecular complexity index is 392. The Morgan fingerprint density at radius 1 is 1.22 bits per heavy atom. The average Bonchev–Trinajstić information content (AvgIpc) is 2.40. The molecular formula is C13H22F3N2O4P. The van der Waals surface area contributed by atoms with Gasteiger partial charge in [-0.2, -0.15) is 18.4 Å². The van der Waals surface area contributed by atoms with Crippen LogP contribution in [-0.4, -0.2) is 48.7 Å². The molecular weight excluding hydrogens is 336 g/mol. The Morgan fingerprint density at radius 2 is 1.78 bits per heavy atom. The first-order valence-electron chi connectivity index (χ1n) is 7.02. The molecule has 0 saturated carbocycles. The van der Waals surface area contributed by atoms with Crippen LogP contribution in [0.25, 0.3) is 0 Å². The highest BCUT2D eigenvalue weighted by molar-refractivity contribution is 7.44. The van der Waals surface area contributed by atoms with E-state index < -0.39 is 33.9 Å². The molecule has 0 aliphatic carbocycles. The molecule has 0 aromatic heterocycles. The Kier molecular flexibility index (Phi) is 10.3. The van der Waals surface area contributed by atoms with Gasteiger partial charge in [-0.05, 0) is 27.7 Å². The molecule has 0 aromatic rings. The molecule has 0 heterocycles. The van der Waals surface area contributed by atoms with Gasteiger partial charge in [0.2, 0.25) is 0 Å². The van der Waals surface area contributed by atoms with E-state index in [1.165, 1.54) is 0 Å². The number of alkyl halides is 3. The van der Waals surface area contributed by atoms with Gasteiger partial charge in [-0.3, -0.25) is 0 Å². The number of carbonyl (C=O) groups excluding carboxylic acids is 1. The van der Waals surface area contributed by atoms with E-state index in [9.17, 15) is 18.0 Å². The van der Waals surface area contributed by atoms with E-state index in [4.69, 9.17) is 14.3 Å². The Labute approximate surface area is 135 Å². The smallest absolute Gasteiger partial charge is 0.422 e. The molecule has 0 aliphatic rings. The number of esters is 1. The van der Waals surface area contributed by atoms with E-state index in [0.717, 1.165) is 0 Å². The van der Waals surface area contributed by atoms with Gasteiger partial charge in [0, 0.05) is 12.1 Å². The number of ether oxygens (including phenoxy) is 1. The van der Waals surface area contributed by atoms with Gasteiger partial charge < -0.3 is 13.8 Å². The molecule has 0 aliphatic heterocycles. The quantitative estimate of drug-likeness (QED) is 0.339. The SMILES string of the molecule is CC(C)N(C(C)C)P(OCCC#N)OCC(=O)OCC(F)(F)F. The summed E-state index contributed by atoms with van der Waals surface area (Å²) in [6.45, 7) is 5.39. The number of nitriles is 1. The van der Waals surface area contributed by atoms with Crippen LogP contribution in [0.15, 0.2) is 0 Å². The first kappa shape index (κ1) is 22.1. The fraction of sp³-hybridized carbons (Fsp3) is 0.846. The second-order valence-electron chi connectivity index (χ2n) is 5.10. The van der Waals surface area contributed by atoms with E-state index in [1.54, 1.807) is 0 Å². The van der Waals surface area contributed by atoms with Crippen LogP contribution in [0.3, 0.4) is 0 Å². The van der Waals surface area contributed by atoms with Gasteiger partial charge in [-0.25, -0.2) is 9.46 Å². The third-order valence-electron chi connectivity index (χ3n) is 2.35. The minimum absolute atomic E-state index is 0.0226. The monoisotopic (exact) mass is 358 g/mol. The van der Waals surface area contributed by atoms with Crippen molar-refractivity contribution in [3.8, 4) is 6.07 Å². The fourth-order valence-electron chi connectivity index (χ4n) is 1.63. The van der Waals surface area contributed by atoms with Crippen LogP contribution >= 0.6 is 8.53 Å². The van der Waals surface area contributed by atoms with Crippen LogP contribution in [0, 0.1) is 11.3 Å². The van der Waals surface area contributed by atoms with E-state index in [1.807, 2.05) is 38.4 Å². The van der Waals surface area contributed by atoms with E-state index in [2.05, 4.69) is 4.74 Å². The lowest BCUT2D eigenvalue weighted by molar-refractivity contribution is -0.187. The molecule has 0 amide bonds. The molecule has 1 unspecified atom stereocenters. The zero-order chi connectivity index (χ0) is 18.0. The summed E-state index contributed by atoms with van der Waals surface area (Å²) in [6, 6.07) is 1.96. The molecule has 0 N–H and O–H groups in total. The molecule has 0 bridgehead atoms. The molecule has 10 heteroatoms. The van der Waals surface area contributed by atoms with Gasteiger partial charge in [0.15, 0.2) is 13.2 Å². The van der Waals surface area contributed by atoms with Crippen LogP contribution in [0.4, 0.5) is 13.2 Å². The fourth-order valence-corrected chi connectivity index (χ4v) is 3.18. The standard InChI is InChI=1S/C13H22F3N2O4P/c1-10(2)18(11(3)4)23(21-7-5-6-17)22-8-12(19)20-9-13(14,15)16/h10-11H,5,7-9H2,1-4H3. The van der Waals surface area contributed by atoms with Crippen molar-refractivity contribution in [2.75, 3.05) is 19.8 Å². The van der Waals surface area contributed by atoms with Gasteiger partial charge in [-0.1, -0.05) is 0 Å². The van der Waals surface area contributed by atoms with Crippen molar-refractivity contribution < 1.29 is 31.8 Å². The minimum Gasteiger partial charge on any atom is -0.454 e. The van der Waals surface area contributed by atoms with Crippen molar-refractivity contribution in [1.82, 2.24) is 4.67 Å². The zero-order valence-electron chi connectivity index (χ0n) is 13.6. The van der Waals surface area contributed by atoms with Crippen LogP contribution < -0.4 is 0 Å². The predicted molar refractivity (Wildman–Crippen MR) is 78.2 cm³/mol. The first-order valence-corrected chi connectivity index (χ1v) is 8.15. The second kappa shape index (κ2) is 10.8. The number of hydrogen-bond acceptors (Lipinski definition) is 6. The van der Waals surface area contributed by atoms with Crippen molar-refractivity contribution in [3.63, 3.8) is 0 Å². The maximum absolute atomic E-state index is 12.0. The van der Waals surface area contributed by atoms with E-state index in [0.29, 0.717) is 0 Å². The van der Waals surface area contributed by atoms with Gasteiger partial charge in [0.25, 0.3) is 8.53 Å². The van der Waals surface area contributed by atoms with Crippen molar-refractivity contribution in [2.45, 2.75) is 52.4 Å². The number of halogens is 3. The summed E-state index contributed by atoms with van der Waals surface area (Å²) in [7, 11) is -1.69. The van der Waals surface area contributed by atoms with Gasteiger partial charge in [0.1, 0.15) is 0 Å². The molecule has 134 valence electrons. The molecule has 0 saturated heterocycles. The normalized spacial score (nSPS) is 13.4. The highest BCUT2D eigenvalue weighted by atomic mass is 31.2. The van der Waals surface area contributed by atoms with E-state index >= 15 is 0 Å². The molecule has 23 heavy (non-hydrogen) atoms. The summed E-state index contributed by atoms with van der Waals surface area (Å²) >= 11 is 0. The lowest BCUT2D eigenvalue weighted by Crippen LogP contribution is -2.34. The summed E-state index contributed by atoms with van der Waals surface area (Å²) < 4.78 is 52.7. The lowest BCUT2D eigenvalue weighted by atomic mass is 10.3. The lowest BCUT2D eigenvalue weighted by Gasteiger charge is -2.35. The summed E-state index contributed by atoms with van der Waals surface area (Å²) in [4.78, 5) is 11.3. The Hall–Kier alpha value is -0.940. The highest BCUT2D eigenvalue weighted by Crippen LogP contribution is 2.45. The van der Waals surface area contributed by atoms with Crippen LogP contribution in [0.5, 0.6) is 0 Å². The van der Waals surface area contributed by atoms with Crippen molar-refractivity contribution in [1.29, 1.82) is 5.26 Å². The Morgan fingerprint density at radius 3 is 2.22 bits per heavy atom. The van der Waals surface area contributed by atoms with Gasteiger partial charge >= 0.3 is 12.1 Å². The number of hydrogen-bond donors (Lipinski definition) is 0. The molecule has 1 atom stereocenters. The topological polar surface area (TPSA) is 71.8 Å². The van der Waals surface area contributed by atoms with Crippen molar-refractivity contribution in [2.24, 2.45) is 0 Å². The largest absolute Gasteiger partial charge is 0.454 e. The molecule has 0 radical (unpaired) electrons. The number of rotatable bonds is 10. The van der Waals surface area contributed by atoms with Crippen LogP contribution in [-0.2, 0) is 18.6 Å². The number of nitrogens with zero attached hydrogens (tertiary/aromatic N) is 2. The molecule has 0 aromatic carbocycles. The second-order valence-corrected chi connectivity index (χ2v) is 6.55. The van der Waals surface area contributed by atoms with E-state index in [-0.39, 0.29) is 25.1 Å². The zero-order valence-corrected chi connectivity index (χ0v) is 14.5. The van der Waals surface area contributed by atoms with Crippen LogP contribution in [0.1, 0.15) is 34.1 Å². The Balaban J connectivity index is 4.63.